The lowest BCUT2D eigenvalue weighted by Gasteiger charge is -2.32. The van der Waals surface area contributed by atoms with Gasteiger partial charge in [-0.25, -0.2) is 13.2 Å². The Hall–Kier alpha value is -2.00. The van der Waals surface area contributed by atoms with Crippen LogP contribution in [0.4, 0.5) is 10.8 Å². The molecule has 3 heterocycles. The van der Waals surface area contributed by atoms with Crippen molar-refractivity contribution in [2.24, 2.45) is 0 Å². The predicted molar refractivity (Wildman–Crippen MR) is 103 cm³/mol. The normalized spacial score (nSPS) is 20.7. The smallest absolute Gasteiger partial charge is 0.320 e. The van der Waals surface area contributed by atoms with E-state index in [-0.39, 0.29) is 30.6 Å². The standard InChI is InChI=1S/C17H21ClN4O4S/c18-13-2-3-15-14(12-13)19-16(26-15)20-4-1-5-21(7-6-20)17(23)22-8-10-27(24,25)11-9-22/h2-3,12H,1,4-11H2. The van der Waals surface area contributed by atoms with Crippen LogP contribution in [0.3, 0.4) is 0 Å². The molecule has 1 aromatic carbocycles. The van der Waals surface area contributed by atoms with E-state index in [9.17, 15) is 13.2 Å². The third-order valence-electron chi connectivity index (χ3n) is 4.99. The van der Waals surface area contributed by atoms with Gasteiger partial charge in [0, 0.05) is 44.3 Å². The van der Waals surface area contributed by atoms with Crippen molar-refractivity contribution in [1.82, 2.24) is 14.8 Å². The molecule has 2 aromatic rings. The number of oxazole rings is 1. The van der Waals surface area contributed by atoms with Crippen LogP contribution in [0.2, 0.25) is 5.02 Å². The molecule has 1 aromatic heterocycles. The fourth-order valence-electron chi connectivity index (χ4n) is 3.43. The number of carbonyl (C=O) groups excluding carboxylic acids is 1. The number of hydrogen-bond acceptors (Lipinski definition) is 6. The van der Waals surface area contributed by atoms with Crippen molar-refractivity contribution in [3.05, 3.63) is 23.2 Å². The van der Waals surface area contributed by atoms with Gasteiger partial charge in [0.05, 0.1) is 11.5 Å². The summed E-state index contributed by atoms with van der Waals surface area (Å²) in [6, 6.07) is 5.77. The van der Waals surface area contributed by atoms with Crippen LogP contribution < -0.4 is 4.90 Å². The number of aromatic nitrogens is 1. The Morgan fingerprint density at radius 2 is 1.78 bits per heavy atom. The fourth-order valence-corrected chi connectivity index (χ4v) is 4.80. The Labute approximate surface area is 162 Å². The zero-order valence-electron chi connectivity index (χ0n) is 14.8. The van der Waals surface area contributed by atoms with E-state index in [1.165, 1.54) is 0 Å². The van der Waals surface area contributed by atoms with Crippen molar-refractivity contribution in [1.29, 1.82) is 0 Å². The SMILES string of the molecule is O=C(N1CCCN(c2nc3cc(Cl)ccc3o2)CC1)N1CCS(=O)(=O)CC1. The first-order valence-corrected chi connectivity index (χ1v) is 11.2. The molecule has 4 rings (SSSR count). The zero-order chi connectivity index (χ0) is 19.0. The molecule has 10 heteroatoms. The Balaban J connectivity index is 1.41. The highest BCUT2D eigenvalue weighted by Gasteiger charge is 2.29. The minimum absolute atomic E-state index is 0.0458. The van der Waals surface area contributed by atoms with Crippen molar-refractivity contribution >= 4 is 44.6 Å². The number of nitrogens with zero attached hydrogens (tertiary/aromatic N) is 4. The van der Waals surface area contributed by atoms with Crippen molar-refractivity contribution in [3.8, 4) is 0 Å². The lowest BCUT2D eigenvalue weighted by molar-refractivity contribution is 0.159. The molecule has 8 nitrogen and oxygen atoms in total. The van der Waals surface area contributed by atoms with Gasteiger partial charge in [0.25, 0.3) is 6.01 Å². The molecule has 0 aliphatic carbocycles. The van der Waals surface area contributed by atoms with Gasteiger partial charge in [0.15, 0.2) is 15.4 Å². The number of amides is 2. The van der Waals surface area contributed by atoms with Crippen LogP contribution in [-0.2, 0) is 9.84 Å². The van der Waals surface area contributed by atoms with Crippen LogP contribution in [0, 0.1) is 0 Å². The third-order valence-corrected chi connectivity index (χ3v) is 6.83. The fraction of sp³-hybridized carbons (Fsp3) is 0.529. The van der Waals surface area contributed by atoms with Crippen molar-refractivity contribution < 1.29 is 17.6 Å². The van der Waals surface area contributed by atoms with Gasteiger partial charge in [0.2, 0.25) is 0 Å². The van der Waals surface area contributed by atoms with Crippen LogP contribution in [0.5, 0.6) is 0 Å². The van der Waals surface area contributed by atoms with E-state index >= 15 is 0 Å². The van der Waals surface area contributed by atoms with E-state index in [1.807, 2.05) is 4.90 Å². The van der Waals surface area contributed by atoms with Gasteiger partial charge in [-0.15, -0.1) is 0 Å². The van der Waals surface area contributed by atoms with Gasteiger partial charge in [-0.1, -0.05) is 11.6 Å². The van der Waals surface area contributed by atoms with Gasteiger partial charge in [-0.2, -0.15) is 4.98 Å². The molecule has 2 aliphatic rings. The summed E-state index contributed by atoms with van der Waals surface area (Å²) in [6.45, 7) is 3.06. The largest absolute Gasteiger partial charge is 0.423 e. The van der Waals surface area contributed by atoms with E-state index in [2.05, 4.69) is 4.98 Å². The first-order chi connectivity index (χ1) is 12.9. The summed E-state index contributed by atoms with van der Waals surface area (Å²) < 4.78 is 29.0. The van der Waals surface area contributed by atoms with Crippen molar-refractivity contribution in [2.45, 2.75) is 6.42 Å². The molecule has 0 bridgehead atoms. The molecule has 2 amide bonds. The van der Waals surface area contributed by atoms with Gasteiger partial charge in [-0.05, 0) is 24.6 Å². The Kier molecular flexibility index (Phi) is 4.90. The van der Waals surface area contributed by atoms with Gasteiger partial charge >= 0.3 is 6.03 Å². The molecule has 0 N–H and O–H groups in total. The summed E-state index contributed by atoms with van der Waals surface area (Å²) in [5.74, 6) is 0.0916. The number of halogens is 1. The summed E-state index contributed by atoms with van der Waals surface area (Å²) >= 11 is 6.00. The second-order valence-corrected chi connectivity index (χ2v) is 9.60. The minimum atomic E-state index is -3.00. The summed E-state index contributed by atoms with van der Waals surface area (Å²) in [5.41, 5.74) is 1.39. The summed E-state index contributed by atoms with van der Waals surface area (Å²) in [5, 5.41) is 0.610. The van der Waals surface area contributed by atoms with Crippen LogP contribution in [0.1, 0.15) is 6.42 Å². The maximum Gasteiger partial charge on any atom is 0.320 e. The average molecular weight is 413 g/mol. The molecule has 2 aliphatic heterocycles. The highest BCUT2D eigenvalue weighted by atomic mass is 35.5. The molecule has 2 fully saturated rings. The Morgan fingerprint density at radius 1 is 1.04 bits per heavy atom. The third kappa shape index (κ3) is 3.98. The summed E-state index contributed by atoms with van der Waals surface area (Å²) in [4.78, 5) is 22.7. The first kappa shape index (κ1) is 18.4. The second-order valence-electron chi connectivity index (χ2n) is 6.86. The number of urea groups is 1. The first-order valence-electron chi connectivity index (χ1n) is 8.97. The number of sulfone groups is 1. The number of fused-ring (bicyclic) bond motifs is 1. The second kappa shape index (κ2) is 7.20. The number of benzene rings is 1. The summed E-state index contributed by atoms with van der Waals surface area (Å²) in [6.07, 6.45) is 0.789. The summed E-state index contributed by atoms with van der Waals surface area (Å²) in [7, 11) is -3.00. The maximum absolute atomic E-state index is 12.7. The maximum atomic E-state index is 12.7. The van der Waals surface area contributed by atoms with Crippen LogP contribution >= 0.6 is 11.6 Å². The van der Waals surface area contributed by atoms with E-state index in [1.54, 1.807) is 28.0 Å². The molecule has 0 unspecified atom stereocenters. The van der Waals surface area contributed by atoms with Crippen LogP contribution in [0.15, 0.2) is 22.6 Å². The van der Waals surface area contributed by atoms with E-state index in [0.29, 0.717) is 41.8 Å². The Morgan fingerprint density at radius 3 is 2.56 bits per heavy atom. The molecule has 0 radical (unpaired) electrons. The van der Waals surface area contributed by atoms with Gasteiger partial charge in [-0.3, -0.25) is 0 Å². The highest BCUT2D eigenvalue weighted by molar-refractivity contribution is 7.91. The van der Waals surface area contributed by atoms with Gasteiger partial charge < -0.3 is 19.1 Å². The molecule has 146 valence electrons. The molecule has 27 heavy (non-hydrogen) atoms. The van der Waals surface area contributed by atoms with Crippen molar-refractivity contribution in [2.75, 3.05) is 55.7 Å². The molecular formula is C17H21ClN4O4S. The topological polar surface area (TPSA) is 87.0 Å². The highest BCUT2D eigenvalue weighted by Crippen LogP contribution is 2.25. The quantitative estimate of drug-likeness (QED) is 0.710. The number of rotatable bonds is 1. The number of anilines is 1. The van der Waals surface area contributed by atoms with Crippen molar-refractivity contribution in [3.63, 3.8) is 0 Å². The molecule has 0 atom stereocenters. The monoisotopic (exact) mass is 412 g/mol. The predicted octanol–water partition coefficient (Wildman–Crippen LogP) is 1.84. The molecule has 0 saturated carbocycles. The average Bonchev–Trinajstić information content (AvgIpc) is 2.89. The Bertz CT molecular complexity index is 947. The number of hydrogen-bond donors (Lipinski definition) is 0. The molecular weight excluding hydrogens is 392 g/mol. The van der Waals surface area contributed by atoms with E-state index in [4.69, 9.17) is 16.0 Å². The molecule has 2 saturated heterocycles. The van der Waals surface area contributed by atoms with Gasteiger partial charge in [0.1, 0.15) is 5.52 Å². The van der Waals surface area contributed by atoms with E-state index < -0.39 is 9.84 Å². The van der Waals surface area contributed by atoms with Crippen LogP contribution in [0.25, 0.3) is 11.1 Å². The molecule has 0 spiro atoms. The lowest BCUT2D eigenvalue weighted by atomic mass is 10.3. The number of carbonyl (C=O) groups is 1. The van der Waals surface area contributed by atoms with Crippen LogP contribution in [-0.4, -0.2) is 80.0 Å². The zero-order valence-corrected chi connectivity index (χ0v) is 16.4. The van der Waals surface area contributed by atoms with E-state index in [0.717, 1.165) is 13.0 Å². The minimum Gasteiger partial charge on any atom is -0.423 e. The lowest BCUT2D eigenvalue weighted by Crippen LogP contribution is -2.50.